The number of carbonyl (C=O) groups is 2. The lowest BCUT2D eigenvalue weighted by molar-refractivity contribution is -0.145. The lowest BCUT2D eigenvalue weighted by Gasteiger charge is -2.28. The van der Waals surface area contributed by atoms with Gasteiger partial charge in [-0.1, -0.05) is 31.0 Å². The van der Waals surface area contributed by atoms with Gasteiger partial charge in [0.15, 0.2) is 0 Å². The molecule has 1 rings (SSSR count). The van der Waals surface area contributed by atoms with E-state index in [-0.39, 0.29) is 11.8 Å². The van der Waals surface area contributed by atoms with Gasteiger partial charge in [0, 0.05) is 24.3 Å². The largest absolute Gasteiger partial charge is 0.345 e. The molecule has 0 aromatic heterocycles. The Morgan fingerprint density at radius 2 is 1.95 bits per heavy atom. The molecule has 0 aliphatic heterocycles. The molecule has 1 aromatic rings. The van der Waals surface area contributed by atoms with Crippen LogP contribution in [-0.4, -0.2) is 30.3 Å². The zero-order valence-corrected chi connectivity index (χ0v) is 14.8. The number of amides is 2. The molecule has 0 bridgehead atoms. The number of anilines is 1. The number of hydrogen-bond donors (Lipinski definition) is 1. The minimum Gasteiger partial charge on any atom is -0.345 e. The van der Waals surface area contributed by atoms with Crippen LogP contribution in [0, 0.1) is 12.3 Å². The number of unbranched alkanes of at least 4 members (excludes halogenated alkanes) is 1. The summed E-state index contributed by atoms with van der Waals surface area (Å²) in [4.78, 5) is 26.6. The molecule has 0 spiro atoms. The first-order valence-corrected chi connectivity index (χ1v) is 7.91. The van der Waals surface area contributed by atoms with E-state index in [1.165, 1.54) is 0 Å². The van der Waals surface area contributed by atoms with E-state index in [2.05, 4.69) is 12.2 Å². The van der Waals surface area contributed by atoms with Gasteiger partial charge in [-0.3, -0.25) is 9.59 Å². The van der Waals surface area contributed by atoms with Crippen LogP contribution in [0.3, 0.4) is 0 Å². The number of nitrogens with zero attached hydrogens (tertiary/aromatic N) is 1. The van der Waals surface area contributed by atoms with E-state index in [9.17, 15) is 9.59 Å². The predicted molar refractivity (Wildman–Crippen MR) is 91.1 cm³/mol. The van der Waals surface area contributed by atoms with Gasteiger partial charge in [-0.2, -0.15) is 0 Å². The molecule has 0 saturated carbocycles. The first-order valence-electron chi connectivity index (χ1n) is 7.54. The van der Waals surface area contributed by atoms with Crippen LogP contribution in [-0.2, 0) is 9.59 Å². The maximum atomic E-state index is 12.5. The van der Waals surface area contributed by atoms with E-state index < -0.39 is 5.41 Å². The Kier molecular flexibility index (Phi) is 6.42. The summed E-state index contributed by atoms with van der Waals surface area (Å²) in [7, 11) is 1.73. The minimum atomic E-state index is -1.13. The summed E-state index contributed by atoms with van der Waals surface area (Å²) in [5.41, 5.74) is 0.298. The van der Waals surface area contributed by atoms with Gasteiger partial charge in [-0.25, -0.2) is 0 Å². The Balaban J connectivity index is 2.86. The lowest BCUT2D eigenvalue weighted by atomic mass is 9.90. The average Bonchev–Trinajstić information content (AvgIpc) is 2.48. The van der Waals surface area contributed by atoms with E-state index in [4.69, 9.17) is 11.6 Å². The van der Waals surface area contributed by atoms with Crippen molar-refractivity contribution in [1.29, 1.82) is 0 Å². The van der Waals surface area contributed by atoms with Crippen molar-refractivity contribution < 1.29 is 9.59 Å². The summed E-state index contributed by atoms with van der Waals surface area (Å²) >= 11 is 6.06. The van der Waals surface area contributed by atoms with Gasteiger partial charge < -0.3 is 10.2 Å². The number of carbonyl (C=O) groups excluding carboxylic acids is 2. The zero-order valence-electron chi connectivity index (χ0n) is 14.0. The number of rotatable bonds is 6. The van der Waals surface area contributed by atoms with Gasteiger partial charge in [0.05, 0.1) is 0 Å². The van der Waals surface area contributed by atoms with Crippen LogP contribution in [0.2, 0.25) is 5.02 Å². The monoisotopic (exact) mass is 324 g/mol. The molecule has 0 atom stereocenters. The Labute approximate surface area is 137 Å². The second-order valence-corrected chi connectivity index (χ2v) is 6.48. The molecule has 0 aliphatic carbocycles. The van der Waals surface area contributed by atoms with Gasteiger partial charge in [0.25, 0.3) is 0 Å². The second kappa shape index (κ2) is 7.63. The fourth-order valence-corrected chi connectivity index (χ4v) is 2.27. The standard InChI is InChI=1S/C17H25ClN2O2/c1-6-7-11-20(5)16(22)17(3,4)15(21)19-14-10-8-9-13(18)12(14)2/h8-10H,6-7,11H2,1-5H3,(H,19,21). The van der Waals surface area contributed by atoms with Gasteiger partial charge in [-0.15, -0.1) is 0 Å². The molecule has 0 unspecified atom stereocenters. The van der Waals surface area contributed by atoms with Crippen molar-refractivity contribution in [2.24, 2.45) is 5.41 Å². The Morgan fingerprint density at radius 1 is 1.32 bits per heavy atom. The predicted octanol–water partition coefficient (Wildman–Crippen LogP) is 3.87. The van der Waals surface area contributed by atoms with E-state index in [1.54, 1.807) is 44.0 Å². The third-order valence-electron chi connectivity index (χ3n) is 3.81. The Morgan fingerprint density at radius 3 is 2.55 bits per heavy atom. The Bertz CT molecular complexity index is 556. The van der Waals surface area contributed by atoms with E-state index in [0.29, 0.717) is 17.3 Å². The van der Waals surface area contributed by atoms with Crippen molar-refractivity contribution in [1.82, 2.24) is 4.90 Å². The van der Waals surface area contributed by atoms with Crippen LogP contribution in [0.1, 0.15) is 39.2 Å². The molecule has 4 nitrogen and oxygen atoms in total. The molecule has 5 heteroatoms. The zero-order chi connectivity index (χ0) is 16.9. The Hall–Kier alpha value is -1.55. The van der Waals surface area contributed by atoms with Crippen LogP contribution in [0.15, 0.2) is 18.2 Å². The lowest BCUT2D eigenvalue weighted by Crippen LogP contribution is -2.46. The van der Waals surface area contributed by atoms with Crippen LogP contribution >= 0.6 is 11.6 Å². The molecule has 22 heavy (non-hydrogen) atoms. The molecule has 0 radical (unpaired) electrons. The number of nitrogens with one attached hydrogen (secondary N) is 1. The van der Waals surface area contributed by atoms with E-state index in [1.807, 2.05) is 6.92 Å². The molecule has 0 aliphatic rings. The molecule has 0 fully saturated rings. The van der Waals surface area contributed by atoms with Crippen molar-refractivity contribution in [3.63, 3.8) is 0 Å². The fourth-order valence-electron chi connectivity index (χ4n) is 2.09. The summed E-state index contributed by atoms with van der Waals surface area (Å²) in [6.07, 6.45) is 1.93. The highest BCUT2D eigenvalue weighted by atomic mass is 35.5. The van der Waals surface area contributed by atoms with Crippen molar-refractivity contribution in [2.75, 3.05) is 18.9 Å². The fraction of sp³-hybridized carbons (Fsp3) is 0.529. The molecular formula is C17H25ClN2O2. The quantitative estimate of drug-likeness (QED) is 0.807. The molecule has 2 amide bonds. The van der Waals surface area contributed by atoms with Crippen LogP contribution in [0.5, 0.6) is 0 Å². The van der Waals surface area contributed by atoms with E-state index >= 15 is 0 Å². The van der Waals surface area contributed by atoms with E-state index in [0.717, 1.165) is 18.4 Å². The highest BCUT2D eigenvalue weighted by Gasteiger charge is 2.38. The second-order valence-electron chi connectivity index (χ2n) is 6.07. The topological polar surface area (TPSA) is 49.4 Å². The van der Waals surface area contributed by atoms with Crippen molar-refractivity contribution in [2.45, 2.75) is 40.5 Å². The van der Waals surface area contributed by atoms with Crippen LogP contribution < -0.4 is 5.32 Å². The van der Waals surface area contributed by atoms with Crippen molar-refractivity contribution in [3.05, 3.63) is 28.8 Å². The number of hydrogen-bond acceptors (Lipinski definition) is 2. The summed E-state index contributed by atoms with van der Waals surface area (Å²) in [5, 5.41) is 3.40. The number of halogens is 1. The molecule has 0 saturated heterocycles. The summed E-state index contributed by atoms with van der Waals surface area (Å²) < 4.78 is 0. The van der Waals surface area contributed by atoms with Gasteiger partial charge in [0.2, 0.25) is 11.8 Å². The molecular weight excluding hydrogens is 300 g/mol. The number of benzene rings is 1. The third-order valence-corrected chi connectivity index (χ3v) is 4.22. The normalized spacial score (nSPS) is 11.2. The highest BCUT2D eigenvalue weighted by molar-refractivity contribution is 6.31. The molecule has 1 aromatic carbocycles. The van der Waals surface area contributed by atoms with Gasteiger partial charge in [-0.05, 0) is 44.9 Å². The van der Waals surface area contributed by atoms with Gasteiger partial charge in [0.1, 0.15) is 5.41 Å². The van der Waals surface area contributed by atoms with Crippen molar-refractivity contribution >= 4 is 29.1 Å². The van der Waals surface area contributed by atoms with Crippen LogP contribution in [0.4, 0.5) is 5.69 Å². The molecule has 1 N–H and O–H groups in total. The molecule has 122 valence electrons. The van der Waals surface area contributed by atoms with Crippen LogP contribution in [0.25, 0.3) is 0 Å². The smallest absolute Gasteiger partial charge is 0.239 e. The van der Waals surface area contributed by atoms with Gasteiger partial charge >= 0.3 is 0 Å². The maximum absolute atomic E-state index is 12.5. The highest BCUT2D eigenvalue weighted by Crippen LogP contribution is 2.26. The summed E-state index contributed by atoms with van der Waals surface area (Å²) in [6, 6.07) is 5.31. The molecule has 0 heterocycles. The third kappa shape index (κ3) is 4.23. The summed E-state index contributed by atoms with van der Waals surface area (Å²) in [5.74, 6) is -0.510. The average molecular weight is 325 g/mol. The summed E-state index contributed by atoms with van der Waals surface area (Å²) in [6.45, 7) is 7.85. The first kappa shape index (κ1) is 18.5. The first-order chi connectivity index (χ1) is 10.2. The maximum Gasteiger partial charge on any atom is 0.239 e. The minimum absolute atomic E-state index is 0.182. The SMILES string of the molecule is CCCCN(C)C(=O)C(C)(C)C(=O)Nc1cccc(Cl)c1C. The van der Waals surface area contributed by atoms with Crippen molar-refractivity contribution in [3.8, 4) is 0 Å².